The van der Waals surface area contributed by atoms with Gasteiger partial charge in [-0.05, 0) is 42.3 Å². The molecule has 0 unspecified atom stereocenters. The predicted molar refractivity (Wildman–Crippen MR) is 144 cm³/mol. The highest BCUT2D eigenvalue weighted by Gasteiger charge is 2.34. The third-order valence-corrected chi connectivity index (χ3v) is 6.91. The van der Waals surface area contributed by atoms with E-state index in [0.717, 1.165) is 11.3 Å². The Morgan fingerprint density at radius 2 is 1.95 bits per heavy atom. The lowest BCUT2D eigenvalue weighted by atomic mass is 9.93. The molecular formula is C29H29ClN4O3. The van der Waals surface area contributed by atoms with E-state index in [1.807, 2.05) is 42.5 Å². The number of nitriles is 1. The fourth-order valence-electron chi connectivity index (χ4n) is 4.75. The second-order valence-corrected chi connectivity index (χ2v) is 9.71. The lowest BCUT2D eigenvalue weighted by Crippen LogP contribution is -2.52. The van der Waals surface area contributed by atoms with Gasteiger partial charge in [-0.2, -0.15) is 5.26 Å². The minimum absolute atomic E-state index is 0.0754. The second-order valence-electron chi connectivity index (χ2n) is 9.30. The summed E-state index contributed by atoms with van der Waals surface area (Å²) in [5.41, 5.74) is 2.56. The normalized spacial score (nSPS) is 17.5. The van der Waals surface area contributed by atoms with Crippen LogP contribution in [0.3, 0.4) is 0 Å². The number of aliphatic hydroxyl groups is 2. The zero-order valence-electron chi connectivity index (χ0n) is 20.6. The Kier molecular flexibility index (Phi) is 8.33. The maximum atomic E-state index is 11.4. The number of ether oxygens (including phenoxy) is 1. The molecule has 1 saturated heterocycles. The van der Waals surface area contributed by atoms with Crippen LogP contribution in [0.25, 0.3) is 4.85 Å². The lowest BCUT2D eigenvalue weighted by molar-refractivity contribution is 0.0103. The van der Waals surface area contributed by atoms with E-state index in [9.17, 15) is 10.4 Å². The topological polar surface area (TPSA) is 84.3 Å². The van der Waals surface area contributed by atoms with Crippen molar-refractivity contribution in [2.75, 3.05) is 44.3 Å². The Bertz CT molecular complexity index is 1310. The molecule has 37 heavy (non-hydrogen) atoms. The molecule has 3 aromatic carbocycles. The van der Waals surface area contributed by atoms with Crippen LogP contribution in [0.2, 0.25) is 5.02 Å². The van der Waals surface area contributed by atoms with Crippen molar-refractivity contribution in [2.24, 2.45) is 0 Å². The highest BCUT2D eigenvalue weighted by atomic mass is 35.5. The molecule has 0 spiro atoms. The van der Waals surface area contributed by atoms with Crippen LogP contribution in [0.5, 0.6) is 5.75 Å². The third-order valence-electron chi connectivity index (χ3n) is 6.61. The van der Waals surface area contributed by atoms with Crippen LogP contribution in [0.4, 0.5) is 11.4 Å². The predicted octanol–water partition coefficient (Wildman–Crippen LogP) is 4.90. The van der Waals surface area contributed by atoms with Gasteiger partial charge in [0.25, 0.3) is 0 Å². The molecule has 2 N–H and O–H groups in total. The average molecular weight is 517 g/mol. The molecule has 1 fully saturated rings. The van der Waals surface area contributed by atoms with Gasteiger partial charge in [-0.25, -0.2) is 4.85 Å². The molecule has 0 bridgehead atoms. The molecule has 1 aliphatic rings. The van der Waals surface area contributed by atoms with Crippen LogP contribution >= 0.6 is 11.6 Å². The number of hydrogen-bond acceptors (Lipinski definition) is 6. The first kappa shape index (κ1) is 26.5. The van der Waals surface area contributed by atoms with E-state index in [1.54, 1.807) is 31.2 Å². The van der Waals surface area contributed by atoms with E-state index in [2.05, 4.69) is 20.7 Å². The fraction of sp³-hybridized carbons (Fsp3) is 0.310. The largest absolute Gasteiger partial charge is 0.491 e. The molecule has 4 rings (SSSR count). The van der Waals surface area contributed by atoms with Crippen LogP contribution < -0.4 is 9.64 Å². The molecule has 1 aliphatic heterocycles. The number of hydrogen-bond donors (Lipinski definition) is 2. The molecule has 1 heterocycles. The van der Waals surface area contributed by atoms with Gasteiger partial charge in [-0.1, -0.05) is 48.0 Å². The Morgan fingerprint density at radius 3 is 2.62 bits per heavy atom. The first-order valence-electron chi connectivity index (χ1n) is 12.1. The van der Waals surface area contributed by atoms with E-state index in [-0.39, 0.29) is 19.3 Å². The molecule has 2 atom stereocenters. The first-order chi connectivity index (χ1) is 17.8. The van der Waals surface area contributed by atoms with Crippen molar-refractivity contribution in [1.82, 2.24) is 4.90 Å². The van der Waals surface area contributed by atoms with Crippen molar-refractivity contribution in [3.05, 3.63) is 99.9 Å². The van der Waals surface area contributed by atoms with Gasteiger partial charge in [0.05, 0.1) is 47.2 Å². The summed E-state index contributed by atoms with van der Waals surface area (Å²) < 4.78 is 5.51. The Morgan fingerprint density at radius 1 is 1.16 bits per heavy atom. The smallest absolute Gasteiger partial charge is 0.187 e. The zero-order chi connectivity index (χ0) is 26.4. The molecule has 0 saturated carbocycles. The summed E-state index contributed by atoms with van der Waals surface area (Å²) in [7, 11) is 0. The van der Waals surface area contributed by atoms with Crippen molar-refractivity contribution in [1.29, 1.82) is 5.26 Å². The third kappa shape index (κ3) is 6.22. The zero-order valence-corrected chi connectivity index (χ0v) is 21.4. The molecule has 190 valence electrons. The Hall–Kier alpha value is -3.59. The molecule has 8 heteroatoms. The van der Waals surface area contributed by atoms with Crippen molar-refractivity contribution in [2.45, 2.75) is 18.6 Å². The average Bonchev–Trinajstić information content (AvgIpc) is 2.92. The van der Waals surface area contributed by atoms with Crippen molar-refractivity contribution >= 4 is 23.0 Å². The van der Waals surface area contributed by atoms with Crippen molar-refractivity contribution in [3.63, 3.8) is 0 Å². The van der Waals surface area contributed by atoms with Gasteiger partial charge in [0.15, 0.2) is 5.69 Å². The molecule has 3 aromatic rings. The van der Waals surface area contributed by atoms with E-state index >= 15 is 0 Å². The van der Waals surface area contributed by atoms with E-state index in [4.69, 9.17) is 28.0 Å². The highest BCUT2D eigenvalue weighted by Crippen LogP contribution is 2.38. The quantitative estimate of drug-likeness (QED) is 0.414. The van der Waals surface area contributed by atoms with Gasteiger partial charge in [0.1, 0.15) is 12.4 Å². The first-order valence-corrected chi connectivity index (χ1v) is 12.4. The summed E-state index contributed by atoms with van der Waals surface area (Å²) in [6.07, 6.45) is 0. The van der Waals surface area contributed by atoms with Gasteiger partial charge in [0, 0.05) is 32.2 Å². The molecule has 0 aromatic heterocycles. The summed E-state index contributed by atoms with van der Waals surface area (Å²) >= 11 is 6.69. The van der Waals surface area contributed by atoms with E-state index in [0.29, 0.717) is 53.8 Å². The molecule has 7 nitrogen and oxygen atoms in total. The van der Waals surface area contributed by atoms with Gasteiger partial charge >= 0.3 is 0 Å². The number of anilines is 1. The fourth-order valence-corrected chi connectivity index (χ4v) is 5.03. The number of aliphatic hydroxyl groups excluding tert-OH is 1. The standard InChI is InChI=1S/C29H29ClN4O3/c1-29(36,23-4-3-5-24(16-23)32-2)20-33-12-13-34(27-11-10-25(17-26(27)30)37-15-14-35)28(19-33)22-8-6-21(18-31)7-9-22/h3-11,16-17,28,35-36H,12-15,19-20H2,1H3/t28-,29+/m0/s1. The SMILES string of the molecule is [C-]#[N+]c1cccc([C@](C)(O)CN2CCN(c3ccc(OCCO)cc3Cl)[C@H](c3ccc(C#N)cc3)C2)c1. The summed E-state index contributed by atoms with van der Waals surface area (Å²) in [6, 6.07) is 22.3. The van der Waals surface area contributed by atoms with Gasteiger partial charge in [-0.15, -0.1) is 0 Å². The second kappa shape index (κ2) is 11.6. The maximum absolute atomic E-state index is 11.4. The van der Waals surface area contributed by atoms with Gasteiger partial charge < -0.3 is 19.8 Å². The Balaban J connectivity index is 1.61. The number of β-amino-alcohol motifs (C(OH)–C–C–N with tert-alkyl or cyclic N) is 1. The molecule has 0 amide bonds. The van der Waals surface area contributed by atoms with Crippen LogP contribution in [-0.2, 0) is 5.60 Å². The molecule has 0 aliphatic carbocycles. The summed E-state index contributed by atoms with van der Waals surface area (Å²) in [6.45, 7) is 11.6. The number of halogens is 1. The van der Waals surface area contributed by atoms with Crippen LogP contribution in [-0.4, -0.2) is 54.5 Å². The summed E-state index contributed by atoms with van der Waals surface area (Å²) in [4.78, 5) is 7.95. The van der Waals surface area contributed by atoms with Gasteiger partial charge in [0.2, 0.25) is 0 Å². The lowest BCUT2D eigenvalue weighted by Gasteiger charge is -2.45. The van der Waals surface area contributed by atoms with Crippen LogP contribution in [0, 0.1) is 17.9 Å². The highest BCUT2D eigenvalue weighted by molar-refractivity contribution is 6.33. The van der Waals surface area contributed by atoms with Crippen molar-refractivity contribution < 1.29 is 14.9 Å². The molecular weight excluding hydrogens is 488 g/mol. The monoisotopic (exact) mass is 516 g/mol. The summed E-state index contributed by atoms with van der Waals surface area (Å²) in [5.74, 6) is 0.592. The maximum Gasteiger partial charge on any atom is 0.187 e. The molecule has 0 radical (unpaired) electrons. The minimum atomic E-state index is -1.14. The van der Waals surface area contributed by atoms with Crippen LogP contribution in [0.1, 0.15) is 29.7 Å². The Labute approximate surface area is 222 Å². The van der Waals surface area contributed by atoms with Crippen molar-refractivity contribution in [3.8, 4) is 11.8 Å². The number of benzene rings is 3. The number of piperazine rings is 1. The number of rotatable bonds is 8. The van der Waals surface area contributed by atoms with Crippen LogP contribution in [0.15, 0.2) is 66.7 Å². The van der Waals surface area contributed by atoms with E-state index in [1.165, 1.54) is 0 Å². The minimum Gasteiger partial charge on any atom is -0.491 e. The number of nitrogens with zero attached hydrogens (tertiary/aromatic N) is 4. The van der Waals surface area contributed by atoms with Gasteiger partial charge in [-0.3, -0.25) is 4.90 Å². The summed E-state index contributed by atoms with van der Waals surface area (Å²) in [5, 5.41) is 30.2. The van der Waals surface area contributed by atoms with E-state index < -0.39 is 5.60 Å².